The van der Waals surface area contributed by atoms with E-state index >= 15 is 0 Å². The molecule has 0 unspecified atom stereocenters. The van der Waals surface area contributed by atoms with Gasteiger partial charge in [0.05, 0.1) is 11.5 Å². The Bertz CT molecular complexity index is 713. The van der Waals surface area contributed by atoms with Gasteiger partial charge in [0.2, 0.25) is 0 Å². The van der Waals surface area contributed by atoms with Crippen LogP contribution in [0.1, 0.15) is 16.1 Å². The highest BCUT2D eigenvalue weighted by Gasteiger charge is 2.26. The fourth-order valence-electron chi connectivity index (χ4n) is 1.85. The Labute approximate surface area is 123 Å². The zero-order chi connectivity index (χ0) is 15.6. The van der Waals surface area contributed by atoms with E-state index in [1.807, 2.05) is 0 Å². The van der Waals surface area contributed by atoms with Crippen LogP contribution in [0.5, 0.6) is 0 Å². The van der Waals surface area contributed by atoms with E-state index in [-0.39, 0.29) is 34.4 Å². The summed E-state index contributed by atoms with van der Waals surface area (Å²) in [7, 11) is 1.38. The van der Waals surface area contributed by atoms with Crippen molar-refractivity contribution in [1.29, 1.82) is 0 Å². The van der Waals surface area contributed by atoms with Crippen molar-refractivity contribution in [1.82, 2.24) is 9.78 Å². The molecule has 0 aliphatic heterocycles. The van der Waals surface area contributed by atoms with Crippen molar-refractivity contribution in [3.8, 4) is 5.69 Å². The van der Waals surface area contributed by atoms with Gasteiger partial charge in [-0.05, 0) is 6.07 Å². The summed E-state index contributed by atoms with van der Waals surface area (Å²) in [5.74, 6) is -1.28. The molecule has 0 bridgehead atoms. The number of nitro benzene ring substituents is 1. The Hall–Kier alpha value is -2.45. The van der Waals surface area contributed by atoms with Crippen molar-refractivity contribution < 1.29 is 19.6 Å². The summed E-state index contributed by atoms with van der Waals surface area (Å²) in [6.45, 7) is -0.0744. The van der Waals surface area contributed by atoms with E-state index in [1.54, 1.807) is 6.07 Å². The number of nitro groups is 1. The van der Waals surface area contributed by atoms with E-state index in [9.17, 15) is 20.0 Å². The third kappa shape index (κ3) is 2.71. The van der Waals surface area contributed by atoms with Crippen molar-refractivity contribution in [2.24, 2.45) is 0 Å². The van der Waals surface area contributed by atoms with E-state index in [1.165, 1.54) is 25.3 Å². The predicted molar refractivity (Wildman–Crippen MR) is 72.9 cm³/mol. The smallest absolute Gasteiger partial charge is 0.340 e. The molecule has 0 saturated carbocycles. The molecule has 1 N–H and O–H groups in total. The van der Waals surface area contributed by atoms with Crippen molar-refractivity contribution in [3.05, 3.63) is 50.8 Å². The second-order valence-electron chi connectivity index (χ2n) is 4.01. The second-order valence-corrected chi connectivity index (χ2v) is 4.37. The minimum absolute atomic E-state index is 0.0744. The topological polar surface area (TPSA) is 107 Å². The molecule has 0 aliphatic rings. The molecule has 0 radical (unpaired) electrons. The maximum atomic E-state index is 11.3. The lowest BCUT2D eigenvalue weighted by Crippen LogP contribution is -2.02. The van der Waals surface area contributed by atoms with E-state index < -0.39 is 10.9 Å². The van der Waals surface area contributed by atoms with Gasteiger partial charge in [-0.2, -0.15) is 5.10 Å². The van der Waals surface area contributed by atoms with E-state index in [0.717, 1.165) is 4.68 Å². The monoisotopic (exact) mass is 311 g/mol. The fourth-order valence-corrected chi connectivity index (χ4v) is 2.17. The van der Waals surface area contributed by atoms with Gasteiger partial charge in [0.15, 0.2) is 0 Å². The SMILES string of the molecule is COCc1nn(-c2ccccc2[N+](=O)[O-])c(Cl)c1C(=O)O. The Morgan fingerprint density at radius 1 is 1.52 bits per heavy atom. The standard InChI is InChI=1S/C12H10ClN3O5/c1-21-6-7-10(12(17)18)11(13)15(14-7)8-4-2-3-5-9(8)16(19)20/h2-5H,6H2,1H3,(H,17,18). The van der Waals surface area contributed by atoms with E-state index in [2.05, 4.69) is 5.10 Å². The number of hydrogen-bond donors (Lipinski definition) is 1. The number of para-hydroxylation sites is 2. The summed E-state index contributed by atoms with van der Waals surface area (Å²) in [4.78, 5) is 21.7. The number of carboxylic acids is 1. The third-order valence-corrected chi connectivity index (χ3v) is 3.05. The van der Waals surface area contributed by atoms with Crippen LogP contribution >= 0.6 is 11.6 Å². The molecule has 2 rings (SSSR count). The highest BCUT2D eigenvalue weighted by atomic mass is 35.5. The molecule has 1 heterocycles. The number of carbonyl (C=O) groups is 1. The molecule has 8 nitrogen and oxygen atoms in total. The molecule has 0 atom stereocenters. The molecule has 0 aliphatic carbocycles. The van der Waals surface area contributed by atoms with Gasteiger partial charge >= 0.3 is 5.97 Å². The molecule has 9 heteroatoms. The number of ether oxygens (including phenoxy) is 1. The van der Waals surface area contributed by atoms with Gasteiger partial charge in [0.25, 0.3) is 5.69 Å². The number of methoxy groups -OCH3 is 1. The fraction of sp³-hybridized carbons (Fsp3) is 0.167. The minimum atomic E-state index is -1.28. The third-order valence-electron chi connectivity index (χ3n) is 2.70. The molecule has 110 valence electrons. The Morgan fingerprint density at radius 3 is 2.76 bits per heavy atom. The van der Waals surface area contributed by atoms with Crippen LogP contribution in [0.15, 0.2) is 24.3 Å². The lowest BCUT2D eigenvalue weighted by molar-refractivity contribution is -0.384. The highest BCUT2D eigenvalue weighted by Crippen LogP contribution is 2.29. The van der Waals surface area contributed by atoms with Gasteiger partial charge in [-0.1, -0.05) is 23.7 Å². The lowest BCUT2D eigenvalue weighted by atomic mass is 10.2. The van der Waals surface area contributed by atoms with Gasteiger partial charge < -0.3 is 9.84 Å². The quantitative estimate of drug-likeness (QED) is 0.670. The van der Waals surface area contributed by atoms with Gasteiger partial charge in [-0.25, -0.2) is 9.48 Å². The summed E-state index contributed by atoms with van der Waals surface area (Å²) in [6, 6.07) is 5.77. The van der Waals surface area contributed by atoms with Crippen LogP contribution in [0.25, 0.3) is 5.69 Å². The summed E-state index contributed by atoms with van der Waals surface area (Å²) in [5, 5.41) is 24.0. The normalized spacial score (nSPS) is 10.6. The molecular weight excluding hydrogens is 302 g/mol. The Kier molecular flexibility index (Phi) is 4.20. The molecule has 1 aromatic heterocycles. The molecule has 0 amide bonds. The van der Waals surface area contributed by atoms with Crippen LogP contribution < -0.4 is 0 Å². The van der Waals surface area contributed by atoms with Gasteiger partial charge in [-0.15, -0.1) is 0 Å². The maximum absolute atomic E-state index is 11.3. The predicted octanol–water partition coefficient (Wildman–Crippen LogP) is 2.28. The molecule has 2 aromatic rings. The van der Waals surface area contributed by atoms with E-state index in [0.29, 0.717) is 0 Å². The average Bonchev–Trinajstić information content (AvgIpc) is 2.76. The molecule has 0 saturated heterocycles. The molecule has 0 spiro atoms. The zero-order valence-electron chi connectivity index (χ0n) is 10.8. The van der Waals surface area contributed by atoms with Crippen molar-refractivity contribution in [2.45, 2.75) is 6.61 Å². The van der Waals surface area contributed by atoms with Crippen LogP contribution in [0.4, 0.5) is 5.69 Å². The highest BCUT2D eigenvalue weighted by molar-refractivity contribution is 6.33. The minimum Gasteiger partial charge on any atom is -0.478 e. The Balaban J connectivity index is 2.68. The van der Waals surface area contributed by atoms with Gasteiger partial charge in [0, 0.05) is 13.2 Å². The van der Waals surface area contributed by atoms with E-state index in [4.69, 9.17) is 16.3 Å². The first kappa shape index (κ1) is 14.9. The molecule has 0 fully saturated rings. The largest absolute Gasteiger partial charge is 0.478 e. The number of aromatic nitrogens is 2. The number of halogens is 1. The van der Waals surface area contributed by atoms with Crippen LogP contribution in [0.3, 0.4) is 0 Å². The zero-order valence-corrected chi connectivity index (χ0v) is 11.6. The number of rotatable bonds is 5. The maximum Gasteiger partial charge on any atom is 0.340 e. The summed E-state index contributed by atoms with van der Waals surface area (Å²) < 4.78 is 5.89. The summed E-state index contributed by atoms with van der Waals surface area (Å²) >= 11 is 6.01. The average molecular weight is 312 g/mol. The molecule has 21 heavy (non-hydrogen) atoms. The van der Waals surface area contributed by atoms with Crippen LogP contribution in [-0.4, -0.2) is 32.9 Å². The second kappa shape index (κ2) is 5.90. The van der Waals surface area contributed by atoms with Crippen LogP contribution in [0, 0.1) is 10.1 Å². The van der Waals surface area contributed by atoms with Gasteiger partial charge in [0.1, 0.15) is 22.1 Å². The Morgan fingerprint density at radius 2 is 2.19 bits per heavy atom. The first-order valence-electron chi connectivity index (χ1n) is 5.70. The van der Waals surface area contributed by atoms with Crippen LogP contribution in [-0.2, 0) is 11.3 Å². The van der Waals surface area contributed by atoms with Crippen molar-refractivity contribution in [2.75, 3.05) is 7.11 Å². The number of benzene rings is 1. The number of nitrogens with zero attached hydrogens (tertiary/aromatic N) is 3. The first-order valence-corrected chi connectivity index (χ1v) is 6.08. The lowest BCUT2D eigenvalue weighted by Gasteiger charge is -2.03. The summed E-state index contributed by atoms with van der Waals surface area (Å²) in [5.41, 5.74) is -0.301. The summed E-state index contributed by atoms with van der Waals surface area (Å²) in [6.07, 6.45) is 0. The van der Waals surface area contributed by atoms with Crippen LogP contribution in [0.2, 0.25) is 5.15 Å². The first-order chi connectivity index (χ1) is 9.97. The van der Waals surface area contributed by atoms with Crippen molar-refractivity contribution >= 4 is 23.3 Å². The molecular formula is C12H10ClN3O5. The number of hydrogen-bond acceptors (Lipinski definition) is 5. The van der Waals surface area contributed by atoms with Gasteiger partial charge in [-0.3, -0.25) is 10.1 Å². The number of carboxylic acid groups (broad SMARTS) is 1. The van der Waals surface area contributed by atoms with Crippen molar-refractivity contribution in [3.63, 3.8) is 0 Å². The molecule has 1 aromatic carbocycles. The number of aromatic carboxylic acids is 1.